The van der Waals surface area contributed by atoms with Crippen LogP contribution in [0.1, 0.15) is 12.1 Å². The lowest BCUT2D eigenvalue weighted by molar-refractivity contribution is -0.116. The van der Waals surface area contributed by atoms with Gasteiger partial charge in [-0.2, -0.15) is 5.26 Å². The van der Waals surface area contributed by atoms with Crippen molar-refractivity contribution in [3.8, 4) is 11.8 Å². The summed E-state index contributed by atoms with van der Waals surface area (Å²) in [6.07, 6.45) is 0.269. The first-order chi connectivity index (χ1) is 11.2. The number of nitrogens with zero attached hydrogens (tertiary/aromatic N) is 3. The van der Waals surface area contributed by atoms with Crippen LogP contribution in [-0.4, -0.2) is 30.3 Å². The summed E-state index contributed by atoms with van der Waals surface area (Å²) in [5.41, 5.74) is 1.64. The summed E-state index contributed by atoms with van der Waals surface area (Å²) in [6.45, 7) is 2.27. The van der Waals surface area contributed by atoms with E-state index in [1.54, 1.807) is 18.1 Å². The van der Waals surface area contributed by atoms with E-state index < -0.39 is 0 Å². The summed E-state index contributed by atoms with van der Waals surface area (Å²) in [6, 6.07) is 9.41. The van der Waals surface area contributed by atoms with Gasteiger partial charge in [0.25, 0.3) is 0 Å². The molecule has 0 radical (unpaired) electrons. The molecular formula is C16H17N3O2S2. The van der Waals surface area contributed by atoms with Crippen molar-refractivity contribution in [3.63, 3.8) is 0 Å². The van der Waals surface area contributed by atoms with Crippen LogP contribution in [0.4, 0.5) is 5.69 Å². The number of hydrogen-bond donors (Lipinski definition) is 0. The minimum absolute atomic E-state index is 0.0670. The molecule has 0 unspecified atom stereocenters. The molecule has 0 fully saturated rings. The maximum Gasteiger partial charge on any atom is 0.237 e. The van der Waals surface area contributed by atoms with Crippen LogP contribution in [0.25, 0.3) is 0 Å². The molecule has 0 aliphatic heterocycles. The number of thioether (sulfide) groups is 1. The second-order valence-corrected chi connectivity index (χ2v) is 6.75. The quantitative estimate of drug-likeness (QED) is 0.717. The highest BCUT2D eigenvalue weighted by Crippen LogP contribution is 2.29. The van der Waals surface area contributed by atoms with Gasteiger partial charge in [0.1, 0.15) is 5.75 Å². The number of methoxy groups -OCH3 is 1. The van der Waals surface area contributed by atoms with E-state index in [1.807, 2.05) is 30.5 Å². The van der Waals surface area contributed by atoms with Crippen molar-refractivity contribution in [1.29, 1.82) is 5.26 Å². The molecule has 0 aliphatic carbocycles. The first kappa shape index (κ1) is 17.3. The van der Waals surface area contributed by atoms with Crippen molar-refractivity contribution in [3.05, 3.63) is 35.3 Å². The van der Waals surface area contributed by atoms with E-state index in [2.05, 4.69) is 11.1 Å². The number of aryl methyl sites for hydroxylation is 1. The maximum atomic E-state index is 12.6. The summed E-state index contributed by atoms with van der Waals surface area (Å²) in [7, 11) is 1.57. The van der Waals surface area contributed by atoms with E-state index in [0.29, 0.717) is 18.0 Å². The zero-order valence-corrected chi connectivity index (χ0v) is 14.6. The van der Waals surface area contributed by atoms with Crippen LogP contribution in [0.3, 0.4) is 0 Å². The molecule has 1 heterocycles. The number of hydrogen-bond acceptors (Lipinski definition) is 6. The van der Waals surface area contributed by atoms with E-state index >= 15 is 0 Å². The maximum absolute atomic E-state index is 12.6. The Morgan fingerprint density at radius 3 is 2.91 bits per heavy atom. The SMILES string of the molecule is COc1ccccc1N(CCC#N)C(=O)CSc1nc(C)cs1. The Balaban J connectivity index is 2.13. The lowest BCUT2D eigenvalue weighted by Gasteiger charge is -2.23. The van der Waals surface area contributed by atoms with Crippen molar-refractivity contribution < 1.29 is 9.53 Å². The average molecular weight is 347 g/mol. The average Bonchev–Trinajstić information content (AvgIpc) is 2.99. The summed E-state index contributed by atoms with van der Waals surface area (Å²) < 4.78 is 6.20. The number of para-hydroxylation sites is 2. The Labute approximate surface area is 143 Å². The molecule has 120 valence electrons. The van der Waals surface area contributed by atoms with Gasteiger partial charge in [0.2, 0.25) is 5.91 Å². The largest absolute Gasteiger partial charge is 0.495 e. The topological polar surface area (TPSA) is 66.2 Å². The molecular weight excluding hydrogens is 330 g/mol. The van der Waals surface area contributed by atoms with Gasteiger partial charge in [0.05, 0.1) is 31.0 Å². The standard InChI is InChI=1S/C16H17N3O2S2/c1-12-10-22-16(18-12)23-11-15(20)19(9-5-8-17)13-6-3-4-7-14(13)21-2/h3-4,6-7,10H,5,9,11H2,1-2H3. The minimum atomic E-state index is -0.0670. The van der Waals surface area contributed by atoms with Gasteiger partial charge in [0.15, 0.2) is 4.34 Å². The van der Waals surface area contributed by atoms with Gasteiger partial charge in [-0.3, -0.25) is 4.79 Å². The molecule has 2 aromatic rings. The number of ether oxygens (including phenoxy) is 1. The van der Waals surface area contributed by atoms with E-state index in [9.17, 15) is 4.79 Å². The lowest BCUT2D eigenvalue weighted by Crippen LogP contribution is -2.33. The molecule has 23 heavy (non-hydrogen) atoms. The fourth-order valence-corrected chi connectivity index (χ4v) is 3.72. The third-order valence-electron chi connectivity index (χ3n) is 3.04. The fourth-order valence-electron chi connectivity index (χ4n) is 1.99. The minimum Gasteiger partial charge on any atom is -0.495 e. The highest BCUT2D eigenvalue weighted by Gasteiger charge is 2.19. The Kier molecular flexibility index (Phi) is 6.44. The highest BCUT2D eigenvalue weighted by molar-refractivity contribution is 8.01. The zero-order valence-electron chi connectivity index (χ0n) is 13.0. The number of anilines is 1. The molecule has 0 spiro atoms. The van der Waals surface area contributed by atoms with Crippen molar-refractivity contribution in [2.24, 2.45) is 0 Å². The number of carbonyl (C=O) groups is 1. The zero-order chi connectivity index (χ0) is 16.7. The summed E-state index contributed by atoms with van der Waals surface area (Å²) in [5, 5.41) is 10.8. The number of rotatable bonds is 7. The highest BCUT2D eigenvalue weighted by atomic mass is 32.2. The molecule has 0 atom stereocenters. The van der Waals surface area contributed by atoms with Crippen LogP contribution in [0.15, 0.2) is 34.0 Å². The van der Waals surface area contributed by atoms with Crippen LogP contribution in [0, 0.1) is 18.3 Å². The van der Waals surface area contributed by atoms with E-state index in [-0.39, 0.29) is 18.1 Å². The Morgan fingerprint density at radius 1 is 1.48 bits per heavy atom. The number of benzene rings is 1. The second kappa shape index (κ2) is 8.56. The van der Waals surface area contributed by atoms with E-state index in [4.69, 9.17) is 10.00 Å². The number of thiazole rings is 1. The monoisotopic (exact) mass is 347 g/mol. The molecule has 1 amide bonds. The molecule has 0 saturated carbocycles. The van der Waals surface area contributed by atoms with E-state index in [1.165, 1.54) is 23.1 Å². The van der Waals surface area contributed by atoms with Gasteiger partial charge in [-0.1, -0.05) is 23.9 Å². The van der Waals surface area contributed by atoms with E-state index in [0.717, 1.165) is 10.0 Å². The predicted octanol–water partition coefficient (Wildman–Crippen LogP) is 3.50. The summed E-state index contributed by atoms with van der Waals surface area (Å²) in [5.74, 6) is 0.827. The molecule has 0 N–H and O–H groups in total. The molecule has 1 aromatic heterocycles. The molecule has 2 rings (SSSR count). The Hall–Kier alpha value is -2.04. The first-order valence-electron chi connectivity index (χ1n) is 7.01. The summed E-state index contributed by atoms with van der Waals surface area (Å²) >= 11 is 2.94. The van der Waals surface area contributed by atoms with Crippen LogP contribution in [-0.2, 0) is 4.79 Å². The fraction of sp³-hybridized carbons (Fsp3) is 0.312. The number of aromatic nitrogens is 1. The first-order valence-corrected chi connectivity index (χ1v) is 8.87. The molecule has 0 aliphatic rings. The molecule has 7 heteroatoms. The Morgan fingerprint density at radius 2 is 2.26 bits per heavy atom. The second-order valence-electron chi connectivity index (χ2n) is 4.67. The third-order valence-corrected chi connectivity index (χ3v) is 5.16. The van der Waals surface area contributed by atoms with Crippen LogP contribution in [0.5, 0.6) is 5.75 Å². The van der Waals surface area contributed by atoms with Crippen molar-refractivity contribution in [2.45, 2.75) is 17.7 Å². The number of carbonyl (C=O) groups excluding carboxylic acids is 1. The number of amides is 1. The van der Waals surface area contributed by atoms with Crippen molar-refractivity contribution >= 4 is 34.7 Å². The predicted molar refractivity (Wildman–Crippen MR) is 93.2 cm³/mol. The molecule has 0 saturated heterocycles. The normalized spacial score (nSPS) is 10.1. The smallest absolute Gasteiger partial charge is 0.237 e. The Bertz CT molecular complexity index is 709. The van der Waals surface area contributed by atoms with Gasteiger partial charge >= 0.3 is 0 Å². The molecule has 0 bridgehead atoms. The van der Waals surface area contributed by atoms with Crippen molar-refractivity contribution in [1.82, 2.24) is 4.98 Å². The molecule has 1 aromatic carbocycles. The van der Waals surface area contributed by atoms with Crippen LogP contribution >= 0.6 is 23.1 Å². The van der Waals surface area contributed by atoms with Gasteiger partial charge < -0.3 is 9.64 Å². The summed E-state index contributed by atoms with van der Waals surface area (Å²) in [4.78, 5) is 18.6. The number of nitriles is 1. The lowest BCUT2D eigenvalue weighted by atomic mass is 10.2. The van der Waals surface area contributed by atoms with Crippen LogP contribution < -0.4 is 9.64 Å². The van der Waals surface area contributed by atoms with Crippen LogP contribution in [0.2, 0.25) is 0 Å². The van der Waals surface area contributed by atoms with Gasteiger partial charge in [-0.25, -0.2) is 4.98 Å². The van der Waals surface area contributed by atoms with Crippen molar-refractivity contribution in [2.75, 3.05) is 24.3 Å². The van der Waals surface area contributed by atoms with Gasteiger partial charge in [-0.15, -0.1) is 11.3 Å². The van der Waals surface area contributed by atoms with Gasteiger partial charge in [-0.05, 0) is 19.1 Å². The third kappa shape index (κ3) is 4.71. The molecule has 5 nitrogen and oxygen atoms in total. The van der Waals surface area contributed by atoms with Gasteiger partial charge in [0, 0.05) is 17.6 Å².